The summed E-state index contributed by atoms with van der Waals surface area (Å²) in [4.78, 5) is 28.7. The molecule has 15 heteroatoms. The number of nitro groups is 1. The van der Waals surface area contributed by atoms with Crippen molar-refractivity contribution in [3.8, 4) is 11.5 Å². The second kappa shape index (κ2) is 14.3. The molecule has 0 unspecified atom stereocenters. The number of nitro benzene ring substituents is 1. The number of hydrogen-bond acceptors (Lipinski definition) is 12. The van der Waals surface area contributed by atoms with Crippen molar-refractivity contribution in [2.45, 2.75) is 69.3 Å². The van der Waals surface area contributed by atoms with Crippen molar-refractivity contribution in [3.05, 3.63) is 87.2 Å². The number of non-ortho nitro benzene ring substituents is 1. The fourth-order valence-electron chi connectivity index (χ4n) is 7.73. The van der Waals surface area contributed by atoms with Crippen molar-refractivity contribution < 1.29 is 44.8 Å². The molecule has 6 rings (SSSR count). The molecule has 15 nitrogen and oxygen atoms in total. The number of benzene rings is 2. The number of aliphatic hydroxyl groups excluding tert-OH is 2. The van der Waals surface area contributed by atoms with Crippen LogP contribution in [-0.2, 0) is 11.4 Å². The molecule has 0 saturated heterocycles. The first-order valence-electron chi connectivity index (χ1n) is 16.4. The number of nitrogens with zero attached hydrogens (tertiary/aromatic N) is 5. The van der Waals surface area contributed by atoms with E-state index in [0.29, 0.717) is 53.8 Å². The second-order valence-corrected chi connectivity index (χ2v) is 12.8. The van der Waals surface area contributed by atoms with Gasteiger partial charge in [-0.3, -0.25) is 10.1 Å². The Balaban J connectivity index is 1.49. The van der Waals surface area contributed by atoms with E-state index >= 15 is 0 Å². The van der Waals surface area contributed by atoms with E-state index in [-0.39, 0.29) is 55.2 Å². The number of unbranched alkanes of at least 4 members (excludes halogenated alkanes) is 2. The first-order chi connectivity index (χ1) is 23.7. The van der Waals surface area contributed by atoms with Gasteiger partial charge in [-0.25, -0.2) is 9.48 Å². The number of aromatic hydroxyl groups is 1. The number of allylic oxidation sites excluding steroid dienone is 1. The van der Waals surface area contributed by atoms with Gasteiger partial charge in [-0.15, -0.1) is 5.10 Å². The molecule has 1 aromatic heterocycles. The molecule has 2 aliphatic carbocycles. The number of carboxylic acids is 1. The average Bonchev–Trinajstić information content (AvgIpc) is 3.57. The highest BCUT2D eigenvalue weighted by Gasteiger charge is 2.63. The number of aromatic nitrogens is 3. The summed E-state index contributed by atoms with van der Waals surface area (Å²) < 4.78 is 7.58. The molecule has 0 amide bonds. The summed E-state index contributed by atoms with van der Waals surface area (Å²) in [6.45, 7) is 0.0543. The van der Waals surface area contributed by atoms with Gasteiger partial charge in [0.25, 0.3) is 5.69 Å². The number of aromatic carboxylic acids is 1. The number of fused-ring (bicyclic) bond motifs is 2. The fourth-order valence-corrected chi connectivity index (χ4v) is 7.73. The fraction of sp³-hybridized carbons (Fsp3) is 0.471. The molecule has 2 aromatic carbocycles. The largest absolute Gasteiger partial charge is 0.508 e. The Morgan fingerprint density at radius 3 is 2.53 bits per heavy atom. The van der Waals surface area contributed by atoms with E-state index < -0.39 is 34.6 Å². The van der Waals surface area contributed by atoms with Crippen LogP contribution >= 0.6 is 0 Å². The molecule has 0 bridgehead atoms. The van der Waals surface area contributed by atoms with Gasteiger partial charge < -0.3 is 35.1 Å². The Morgan fingerprint density at radius 2 is 1.84 bits per heavy atom. The highest BCUT2D eigenvalue weighted by atomic mass is 16.6. The van der Waals surface area contributed by atoms with Gasteiger partial charge in [0.2, 0.25) is 5.79 Å². The summed E-state index contributed by atoms with van der Waals surface area (Å²) in [5.74, 6) is -4.33. The number of hydrogen-bond donors (Lipinski definition) is 5. The standard InChI is InChI=1S/C34H39N5O10/c40-13-3-1-5-21-15-25-27(36-48-19-20-7-9-22(10-8-20)39(46)47)17-30(38-28(33(43)44)18-35-37-38)34(45)32(25)31(24(21)6-2-4-14-41)26-16-23(42)11-12-29(26)49-34/h7-12,15-16,18,21,24,30-32,40-42,45H,1-6,13-14,17,19H2,(H,43,44)/t21-,24+,30-,31+,32+,34+/m0/s1. The molecule has 5 N–H and O–H groups in total. The lowest BCUT2D eigenvalue weighted by Crippen LogP contribution is -2.62. The Hall–Kier alpha value is -4.86. The van der Waals surface area contributed by atoms with Crippen LogP contribution in [0.5, 0.6) is 11.5 Å². The maximum absolute atomic E-state index is 12.8. The van der Waals surface area contributed by atoms with Gasteiger partial charge >= 0.3 is 5.97 Å². The minimum atomic E-state index is -2.03. The van der Waals surface area contributed by atoms with Crippen LogP contribution in [0, 0.1) is 27.9 Å². The third-order valence-electron chi connectivity index (χ3n) is 9.90. The third kappa shape index (κ3) is 6.60. The lowest BCUT2D eigenvalue weighted by atomic mass is 9.55. The normalized spacial score (nSPS) is 26.3. The molecule has 0 spiro atoms. The van der Waals surface area contributed by atoms with Gasteiger partial charge in [0, 0.05) is 43.2 Å². The van der Waals surface area contributed by atoms with Crippen LogP contribution < -0.4 is 4.74 Å². The summed E-state index contributed by atoms with van der Waals surface area (Å²) in [6.07, 6.45) is 7.15. The zero-order valence-corrected chi connectivity index (χ0v) is 26.7. The van der Waals surface area contributed by atoms with Crippen LogP contribution in [0.25, 0.3) is 0 Å². The van der Waals surface area contributed by atoms with Crippen molar-refractivity contribution in [1.82, 2.24) is 15.0 Å². The van der Waals surface area contributed by atoms with E-state index in [0.717, 1.165) is 23.7 Å². The van der Waals surface area contributed by atoms with Crippen molar-refractivity contribution in [2.24, 2.45) is 22.9 Å². The van der Waals surface area contributed by atoms with Crippen LogP contribution in [0.1, 0.15) is 78.5 Å². The molecule has 6 atom stereocenters. The Morgan fingerprint density at radius 1 is 1.10 bits per heavy atom. The highest BCUT2D eigenvalue weighted by Crippen LogP contribution is 2.62. The summed E-state index contributed by atoms with van der Waals surface area (Å²) in [5.41, 5.74) is 2.10. The summed E-state index contributed by atoms with van der Waals surface area (Å²) >= 11 is 0. The molecule has 1 saturated carbocycles. The predicted molar refractivity (Wildman–Crippen MR) is 173 cm³/mol. The van der Waals surface area contributed by atoms with Crippen LogP contribution in [0.15, 0.2) is 65.5 Å². The van der Waals surface area contributed by atoms with Crippen LogP contribution in [0.2, 0.25) is 0 Å². The lowest BCUT2D eigenvalue weighted by Gasteiger charge is -2.56. The number of carbonyl (C=O) groups is 1. The molecule has 3 aliphatic rings. The second-order valence-electron chi connectivity index (χ2n) is 12.8. The molecular weight excluding hydrogens is 638 g/mol. The molecule has 1 fully saturated rings. The van der Waals surface area contributed by atoms with E-state index in [2.05, 4.69) is 21.5 Å². The van der Waals surface area contributed by atoms with Crippen LogP contribution in [0.4, 0.5) is 5.69 Å². The van der Waals surface area contributed by atoms with E-state index in [1.807, 2.05) is 0 Å². The molecular formula is C34H39N5O10. The first-order valence-corrected chi connectivity index (χ1v) is 16.4. The van der Waals surface area contributed by atoms with Crippen molar-refractivity contribution in [3.63, 3.8) is 0 Å². The van der Waals surface area contributed by atoms with Gasteiger partial charge in [-0.05, 0) is 79.0 Å². The maximum Gasteiger partial charge on any atom is 0.355 e. The number of rotatable bonds is 14. The zero-order chi connectivity index (χ0) is 34.7. The van der Waals surface area contributed by atoms with E-state index in [9.17, 15) is 40.4 Å². The minimum absolute atomic E-state index is 0.0155. The van der Waals surface area contributed by atoms with Gasteiger partial charge in [-0.1, -0.05) is 29.3 Å². The quantitative estimate of drug-likeness (QED) is 0.0925. The van der Waals surface area contributed by atoms with Gasteiger partial charge in [0.1, 0.15) is 24.1 Å². The zero-order valence-electron chi connectivity index (χ0n) is 26.7. The monoisotopic (exact) mass is 677 g/mol. The number of phenols is 1. The summed E-state index contributed by atoms with van der Waals surface area (Å²) in [6, 6.07) is 9.46. The Kier molecular flexibility index (Phi) is 9.94. The van der Waals surface area contributed by atoms with Gasteiger partial charge in [-0.2, -0.15) is 0 Å². The predicted octanol–water partition coefficient (Wildman–Crippen LogP) is 4.09. The first kappa shape index (κ1) is 34.0. The Bertz CT molecular complexity index is 1740. The average molecular weight is 678 g/mol. The number of oxime groups is 1. The summed E-state index contributed by atoms with van der Waals surface area (Å²) in [7, 11) is 0. The third-order valence-corrected chi connectivity index (χ3v) is 9.90. The minimum Gasteiger partial charge on any atom is -0.508 e. The van der Waals surface area contributed by atoms with E-state index in [1.54, 1.807) is 24.3 Å². The highest BCUT2D eigenvalue weighted by molar-refractivity contribution is 6.02. The van der Waals surface area contributed by atoms with E-state index in [4.69, 9.17) is 9.57 Å². The van der Waals surface area contributed by atoms with Crippen molar-refractivity contribution >= 4 is 17.4 Å². The molecule has 3 aromatic rings. The Labute approximate surface area is 281 Å². The molecule has 260 valence electrons. The maximum atomic E-state index is 12.8. The number of phenolic OH excluding ortho intramolecular Hbond substituents is 1. The number of aliphatic hydroxyl groups is 3. The molecule has 2 heterocycles. The molecule has 49 heavy (non-hydrogen) atoms. The SMILES string of the molecule is O=C(O)c1cnnn1[C@H]1CC(=NOCc2ccc([N+](=O)[O-])cc2)C2=C[C@H](CCCCO)[C@@H](CCCCO)[C@@H]3c4cc(O)ccc4O[C@@]1(O)[C@H]23. The van der Waals surface area contributed by atoms with Gasteiger partial charge in [0.05, 0.1) is 22.7 Å². The number of carboxylic acid groups (broad SMARTS) is 1. The van der Waals surface area contributed by atoms with Crippen molar-refractivity contribution in [1.29, 1.82) is 0 Å². The molecule has 0 radical (unpaired) electrons. The van der Waals surface area contributed by atoms with Gasteiger partial charge in [0.15, 0.2) is 5.69 Å². The smallest absolute Gasteiger partial charge is 0.355 e. The van der Waals surface area contributed by atoms with E-state index in [1.165, 1.54) is 18.2 Å². The lowest BCUT2D eigenvalue weighted by molar-refractivity contribution is -0.384. The van der Waals surface area contributed by atoms with Crippen molar-refractivity contribution in [2.75, 3.05) is 13.2 Å². The summed E-state index contributed by atoms with van der Waals surface area (Å²) in [5, 5.41) is 76.2. The topological polar surface area (TPSA) is 223 Å². The molecule has 1 aliphatic heterocycles. The van der Waals surface area contributed by atoms with Crippen LogP contribution in [0.3, 0.4) is 0 Å². The number of ether oxygens (including phenoxy) is 1. The van der Waals surface area contributed by atoms with Crippen LogP contribution in [-0.4, -0.2) is 76.1 Å².